The van der Waals surface area contributed by atoms with Gasteiger partial charge in [0.2, 0.25) is 0 Å². The first-order chi connectivity index (χ1) is 8.57. The lowest BCUT2D eigenvalue weighted by Crippen LogP contribution is -2.37. The van der Waals surface area contributed by atoms with E-state index < -0.39 is 0 Å². The molecule has 1 aliphatic rings. The van der Waals surface area contributed by atoms with Crippen LogP contribution in [0, 0.1) is 0 Å². The maximum absolute atomic E-state index is 4.11. The number of rotatable bonds is 4. The summed E-state index contributed by atoms with van der Waals surface area (Å²) < 4.78 is 0. The molecule has 0 bridgehead atoms. The normalized spacial score (nSPS) is 18.8. The van der Waals surface area contributed by atoms with Crippen molar-refractivity contribution in [3.8, 4) is 0 Å². The van der Waals surface area contributed by atoms with Gasteiger partial charge in [0, 0.05) is 15.2 Å². The molecule has 0 saturated carbocycles. The van der Waals surface area contributed by atoms with E-state index in [4.69, 9.17) is 0 Å². The first-order valence-corrected chi connectivity index (χ1v) is 7.88. The minimum absolute atomic E-state index is 0.383. The predicted octanol–water partition coefficient (Wildman–Crippen LogP) is 4.37. The van der Waals surface area contributed by atoms with Gasteiger partial charge >= 0.3 is 0 Å². The molecule has 1 saturated heterocycles. The molecule has 0 aromatic carbocycles. The highest BCUT2D eigenvalue weighted by Crippen LogP contribution is 2.41. The fraction of sp³-hybridized carbons (Fsp3) is 0.625. The van der Waals surface area contributed by atoms with Crippen molar-refractivity contribution in [1.29, 1.82) is 0 Å². The van der Waals surface area contributed by atoms with Gasteiger partial charge in [-0.1, -0.05) is 26.8 Å². The Balaban J connectivity index is 2.37. The van der Waals surface area contributed by atoms with Gasteiger partial charge in [-0.3, -0.25) is 0 Å². The molecular weight excluding hydrogens is 238 g/mol. The number of hydrogen-bond acceptors (Lipinski definition) is 2. The average molecular weight is 263 g/mol. The maximum Gasteiger partial charge on any atom is 0.0299 e. The summed E-state index contributed by atoms with van der Waals surface area (Å²) in [6, 6.07) is 2.39. The lowest BCUT2D eigenvalue weighted by molar-refractivity contribution is 0.339. The van der Waals surface area contributed by atoms with E-state index in [2.05, 4.69) is 38.7 Å². The maximum atomic E-state index is 4.11. The van der Waals surface area contributed by atoms with Gasteiger partial charge in [0.1, 0.15) is 0 Å². The van der Waals surface area contributed by atoms with Crippen LogP contribution < -0.4 is 5.32 Å². The Morgan fingerprint density at radius 3 is 2.67 bits per heavy atom. The minimum atomic E-state index is 0.383. The molecule has 1 aromatic heterocycles. The largest absolute Gasteiger partial charge is 0.317 e. The molecule has 2 rings (SSSR count). The molecule has 0 unspecified atom stereocenters. The van der Waals surface area contributed by atoms with Gasteiger partial charge in [-0.15, -0.1) is 11.3 Å². The van der Waals surface area contributed by atoms with Crippen LogP contribution in [0.15, 0.2) is 12.6 Å². The molecule has 1 N–H and O–H groups in total. The lowest BCUT2D eigenvalue weighted by atomic mass is 9.78. The van der Waals surface area contributed by atoms with Gasteiger partial charge < -0.3 is 5.32 Å². The fourth-order valence-electron chi connectivity index (χ4n) is 2.81. The molecule has 0 atom stereocenters. The van der Waals surface area contributed by atoms with Gasteiger partial charge in [0.25, 0.3) is 0 Å². The van der Waals surface area contributed by atoms with Gasteiger partial charge in [-0.2, -0.15) is 0 Å². The SMILES string of the molecule is C=C(C)c1cc(CCC)c(C2(C)CCNCC2)s1. The van der Waals surface area contributed by atoms with Gasteiger partial charge in [-0.25, -0.2) is 0 Å². The molecule has 2 heterocycles. The summed E-state index contributed by atoms with van der Waals surface area (Å²) in [4.78, 5) is 3.01. The lowest BCUT2D eigenvalue weighted by Gasteiger charge is -2.34. The Kier molecular flexibility index (Phi) is 4.29. The van der Waals surface area contributed by atoms with Crippen molar-refractivity contribution < 1.29 is 0 Å². The van der Waals surface area contributed by atoms with Crippen molar-refractivity contribution in [1.82, 2.24) is 5.32 Å². The monoisotopic (exact) mass is 263 g/mol. The molecule has 100 valence electrons. The molecule has 18 heavy (non-hydrogen) atoms. The van der Waals surface area contributed by atoms with Crippen LogP contribution in [0.3, 0.4) is 0 Å². The number of piperidine rings is 1. The minimum Gasteiger partial charge on any atom is -0.317 e. The summed E-state index contributed by atoms with van der Waals surface area (Å²) in [6.45, 7) is 13.3. The molecule has 1 aromatic rings. The number of aryl methyl sites for hydroxylation is 1. The van der Waals surface area contributed by atoms with Crippen molar-refractivity contribution in [2.75, 3.05) is 13.1 Å². The van der Waals surface area contributed by atoms with Crippen molar-refractivity contribution in [3.05, 3.63) is 28.0 Å². The number of thiophene rings is 1. The van der Waals surface area contributed by atoms with Crippen molar-refractivity contribution in [2.24, 2.45) is 0 Å². The Hall–Kier alpha value is -0.600. The van der Waals surface area contributed by atoms with Crippen molar-refractivity contribution in [2.45, 2.75) is 51.9 Å². The standard InChI is InChI=1S/C16H25NS/c1-5-6-13-11-14(12(2)3)18-15(13)16(4)7-9-17-10-8-16/h11,17H,2,5-10H2,1,3-4H3. The van der Waals surface area contributed by atoms with Crippen molar-refractivity contribution >= 4 is 16.9 Å². The highest BCUT2D eigenvalue weighted by Gasteiger charge is 2.32. The zero-order chi connectivity index (χ0) is 13.2. The third kappa shape index (κ3) is 2.70. The summed E-state index contributed by atoms with van der Waals surface area (Å²) >= 11 is 1.99. The Bertz CT molecular complexity index is 424. The van der Waals surface area contributed by atoms with Crippen LogP contribution in [-0.4, -0.2) is 13.1 Å². The van der Waals surface area contributed by atoms with E-state index in [1.165, 1.54) is 36.1 Å². The molecule has 1 nitrogen and oxygen atoms in total. The van der Waals surface area contributed by atoms with E-state index >= 15 is 0 Å². The van der Waals surface area contributed by atoms with E-state index in [9.17, 15) is 0 Å². The number of hydrogen-bond donors (Lipinski definition) is 1. The molecule has 0 radical (unpaired) electrons. The van der Waals surface area contributed by atoms with Crippen LogP contribution >= 0.6 is 11.3 Å². The Labute approximate surface area is 115 Å². The second-order valence-corrected chi connectivity index (χ2v) is 6.86. The first kappa shape index (κ1) is 13.8. The Morgan fingerprint density at radius 2 is 2.11 bits per heavy atom. The highest BCUT2D eigenvalue weighted by atomic mass is 32.1. The molecule has 0 spiro atoms. The fourth-order valence-corrected chi connectivity index (χ4v) is 4.15. The predicted molar refractivity (Wildman–Crippen MR) is 82.5 cm³/mol. The molecule has 0 aliphatic carbocycles. The summed E-state index contributed by atoms with van der Waals surface area (Å²) in [5.74, 6) is 0. The van der Waals surface area contributed by atoms with E-state index in [1.807, 2.05) is 11.3 Å². The molecule has 2 heteroatoms. The quantitative estimate of drug-likeness (QED) is 0.850. The van der Waals surface area contributed by atoms with Crippen LogP contribution in [0.25, 0.3) is 5.57 Å². The number of allylic oxidation sites excluding steroid dienone is 1. The van der Waals surface area contributed by atoms with Gasteiger partial charge in [0.05, 0.1) is 0 Å². The smallest absolute Gasteiger partial charge is 0.0299 e. The van der Waals surface area contributed by atoms with Gasteiger partial charge in [-0.05, 0) is 56.5 Å². The zero-order valence-electron chi connectivity index (χ0n) is 11.9. The second-order valence-electron chi connectivity index (χ2n) is 5.81. The topological polar surface area (TPSA) is 12.0 Å². The second kappa shape index (κ2) is 5.58. The average Bonchev–Trinajstić information content (AvgIpc) is 2.75. The van der Waals surface area contributed by atoms with Crippen LogP contribution in [0.4, 0.5) is 0 Å². The summed E-state index contributed by atoms with van der Waals surface area (Å²) in [6.07, 6.45) is 4.97. The van der Waals surface area contributed by atoms with E-state index in [0.29, 0.717) is 5.41 Å². The van der Waals surface area contributed by atoms with Crippen LogP contribution in [0.1, 0.15) is 55.4 Å². The molecule has 1 fully saturated rings. The van der Waals surface area contributed by atoms with Crippen LogP contribution in [-0.2, 0) is 11.8 Å². The molecule has 0 amide bonds. The van der Waals surface area contributed by atoms with Gasteiger partial charge in [0.15, 0.2) is 0 Å². The Morgan fingerprint density at radius 1 is 1.44 bits per heavy atom. The summed E-state index contributed by atoms with van der Waals surface area (Å²) in [5, 5.41) is 3.48. The van der Waals surface area contributed by atoms with Crippen LogP contribution in [0.2, 0.25) is 0 Å². The van der Waals surface area contributed by atoms with E-state index in [-0.39, 0.29) is 0 Å². The molecule has 1 aliphatic heterocycles. The van der Waals surface area contributed by atoms with Crippen molar-refractivity contribution in [3.63, 3.8) is 0 Å². The third-order valence-electron chi connectivity index (χ3n) is 4.00. The van der Waals surface area contributed by atoms with Crippen LogP contribution in [0.5, 0.6) is 0 Å². The summed E-state index contributed by atoms with van der Waals surface area (Å²) in [7, 11) is 0. The molecular formula is C16H25NS. The summed E-state index contributed by atoms with van der Waals surface area (Å²) in [5.41, 5.74) is 3.17. The highest BCUT2D eigenvalue weighted by molar-refractivity contribution is 7.13. The zero-order valence-corrected chi connectivity index (χ0v) is 12.8. The van der Waals surface area contributed by atoms with E-state index in [0.717, 1.165) is 13.1 Å². The van der Waals surface area contributed by atoms with E-state index in [1.54, 1.807) is 10.4 Å². The first-order valence-electron chi connectivity index (χ1n) is 7.06. The number of nitrogens with one attached hydrogen (secondary N) is 1. The third-order valence-corrected chi connectivity index (χ3v) is 5.65.